The van der Waals surface area contributed by atoms with Gasteiger partial charge in [-0.05, 0) is 34.2 Å². The van der Waals surface area contributed by atoms with Crippen molar-refractivity contribution in [3.8, 4) is 0 Å². The minimum atomic E-state index is -0.316. The number of nitrogens with zero attached hydrogens (tertiary/aromatic N) is 2. The Labute approximate surface area is 121 Å². The van der Waals surface area contributed by atoms with Gasteiger partial charge in [-0.15, -0.1) is 0 Å². The molecule has 0 amide bonds. The highest BCUT2D eigenvalue weighted by atomic mass is 127. The number of hydrogen-bond acceptors (Lipinski definition) is 1. The third kappa shape index (κ3) is 4.34. The summed E-state index contributed by atoms with van der Waals surface area (Å²) in [6.45, 7) is 8.00. The minimum absolute atomic E-state index is 0.316. The van der Waals surface area contributed by atoms with Crippen molar-refractivity contribution < 1.29 is 4.39 Å². The van der Waals surface area contributed by atoms with Crippen molar-refractivity contribution in [2.24, 2.45) is 0 Å². The summed E-state index contributed by atoms with van der Waals surface area (Å²) in [5.41, 5.74) is 0.748. The van der Waals surface area contributed by atoms with Gasteiger partial charge in [0.15, 0.2) is 0 Å². The zero-order valence-corrected chi connectivity index (χ0v) is 14.2. The topological polar surface area (TPSA) is 17.8 Å². The Balaban J connectivity index is 0.000000581. The molecular weight excluding hydrogens is 372 g/mol. The molecule has 1 aromatic heterocycles. The summed E-state index contributed by atoms with van der Waals surface area (Å²) in [5, 5.41) is 4.96. The van der Waals surface area contributed by atoms with Gasteiger partial charge in [-0.2, -0.15) is 5.10 Å². The third-order valence-corrected chi connectivity index (χ3v) is 3.79. The third-order valence-electron chi connectivity index (χ3n) is 1.68. The highest BCUT2D eigenvalue weighted by Gasteiger charge is 2.07. The van der Waals surface area contributed by atoms with Gasteiger partial charge in [-0.1, -0.05) is 39.3 Å². The van der Waals surface area contributed by atoms with E-state index in [1.54, 1.807) is 10.5 Å². The Morgan fingerprint density at radius 1 is 1.29 bits per heavy atom. The maximum absolute atomic E-state index is 13.3. The maximum atomic E-state index is 13.3. The first kappa shape index (κ1) is 17.1. The van der Waals surface area contributed by atoms with E-state index in [0.717, 1.165) is 5.52 Å². The first-order valence-corrected chi connectivity index (χ1v) is 9.86. The van der Waals surface area contributed by atoms with E-state index < -0.39 is 0 Å². The molecule has 1 aromatic carbocycles. The Hall–Kier alpha value is 0.0700. The molecule has 0 spiro atoms. The summed E-state index contributed by atoms with van der Waals surface area (Å²) in [4.78, 5) is 0. The quantitative estimate of drug-likeness (QED) is 0.454. The highest BCUT2D eigenvalue weighted by Crippen LogP contribution is 2.30. The second kappa shape index (κ2) is 9.06. The van der Waals surface area contributed by atoms with Gasteiger partial charge in [-0.25, -0.2) is 8.84 Å². The van der Waals surface area contributed by atoms with Gasteiger partial charge < -0.3 is 0 Å². The number of aromatic nitrogens is 2. The molecule has 2 nitrogen and oxygen atoms in total. The van der Waals surface area contributed by atoms with Crippen LogP contribution in [0.25, 0.3) is 10.9 Å². The lowest BCUT2D eigenvalue weighted by atomic mass is 10.2. The first-order chi connectivity index (χ1) is 8.22. The van der Waals surface area contributed by atoms with Crippen molar-refractivity contribution in [3.63, 3.8) is 0 Å². The summed E-state index contributed by atoms with van der Waals surface area (Å²) < 4.78 is 15.0. The number of fused-ring (bicyclic) bond motifs is 1. The summed E-state index contributed by atoms with van der Waals surface area (Å²) in [5.74, 6) is -0.316. The van der Waals surface area contributed by atoms with Crippen molar-refractivity contribution in [1.29, 1.82) is 0 Å². The molecule has 17 heavy (non-hydrogen) atoms. The molecule has 1 unspecified atom stereocenters. The van der Waals surface area contributed by atoms with Crippen LogP contribution in [0, 0.1) is 5.82 Å². The van der Waals surface area contributed by atoms with E-state index in [4.69, 9.17) is 11.6 Å². The fraction of sp³-hybridized carbons (Fsp3) is 0.364. The van der Waals surface area contributed by atoms with Crippen molar-refractivity contribution in [1.82, 2.24) is 9.55 Å². The van der Waals surface area contributed by atoms with Crippen molar-refractivity contribution in [2.75, 3.05) is 0 Å². The number of benzene rings is 1. The Kier molecular flexibility index (Phi) is 9.10. The first-order valence-electron chi connectivity index (χ1n) is 5.42. The van der Waals surface area contributed by atoms with Crippen molar-refractivity contribution in [2.45, 2.75) is 27.7 Å². The number of hydrogen-bond donors (Lipinski definition) is 0. The molecule has 2 aromatic rings. The zero-order chi connectivity index (χ0) is 13.4. The van der Waals surface area contributed by atoms with E-state index in [0.29, 0.717) is 16.8 Å². The second-order valence-corrected chi connectivity index (χ2v) is 4.94. The zero-order valence-electron chi connectivity index (χ0n) is 10.3. The molecule has 0 aliphatic rings. The van der Waals surface area contributed by atoms with Gasteiger partial charge in [0.2, 0.25) is 0 Å². The van der Waals surface area contributed by atoms with Gasteiger partial charge in [0.05, 0.1) is 23.5 Å². The fourth-order valence-corrected chi connectivity index (χ4v) is 2.85. The van der Waals surface area contributed by atoms with E-state index in [9.17, 15) is 4.39 Å². The van der Waals surface area contributed by atoms with Gasteiger partial charge in [0, 0.05) is 5.02 Å². The van der Waals surface area contributed by atoms with Crippen molar-refractivity contribution >= 4 is 50.9 Å². The van der Waals surface area contributed by atoms with Gasteiger partial charge >= 0.3 is 0 Å². The van der Waals surface area contributed by atoms with Crippen LogP contribution in [0.2, 0.25) is 5.02 Å². The van der Waals surface area contributed by atoms with Crippen LogP contribution in [0.5, 0.6) is 0 Å². The smallest absolute Gasteiger partial charge is 0.135 e. The Morgan fingerprint density at radius 2 is 1.88 bits per heavy atom. The molecule has 0 bridgehead atoms. The molecule has 0 saturated carbocycles. The predicted octanol–water partition coefficient (Wildman–Crippen LogP) is 5.67. The van der Waals surface area contributed by atoms with Crippen LogP contribution in [0.4, 0.5) is 4.39 Å². The monoisotopic (exact) mass is 388 g/mol. The maximum Gasteiger partial charge on any atom is 0.135 e. The summed E-state index contributed by atoms with van der Waals surface area (Å²) in [6.07, 6.45) is 1.97. The molecule has 0 N–H and O–H groups in total. The average Bonchev–Trinajstić information content (AvgIpc) is 2.77. The van der Waals surface area contributed by atoms with Gasteiger partial charge in [0.25, 0.3) is 0 Å². The largest absolute Gasteiger partial charge is 0.237 e. The summed E-state index contributed by atoms with van der Waals surface area (Å²) >= 11 is 7.91. The van der Waals surface area contributed by atoms with Crippen LogP contribution in [0.15, 0.2) is 18.3 Å². The summed E-state index contributed by atoms with van der Waals surface area (Å²) in [7, 11) is 0. The average molecular weight is 389 g/mol. The lowest BCUT2D eigenvalue weighted by Gasteiger charge is -1.97. The van der Waals surface area contributed by atoms with Crippen LogP contribution < -0.4 is 0 Å². The molecule has 0 aliphatic carbocycles. The van der Waals surface area contributed by atoms with E-state index in [1.807, 2.05) is 27.7 Å². The SMILES string of the molecule is CC.CC.Fc1cc(Cl)cc2c1cnn2PI. The number of rotatable bonds is 1. The van der Waals surface area contributed by atoms with E-state index in [1.165, 1.54) is 12.3 Å². The molecule has 96 valence electrons. The predicted molar refractivity (Wildman–Crippen MR) is 85.1 cm³/mol. The normalized spacial score (nSPS) is 9.82. The molecule has 1 atom stereocenters. The fourth-order valence-electron chi connectivity index (χ4n) is 1.12. The molecule has 1 heterocycles. The van der Waals surface area contributed by atoms with Crippen LogP contribution in [-0.4, -0.2) is 9.55 Å². The molecule has 0 fully saturated rings. The highest BCUT2D eigenvalue weighted by molar-refractivity contribution is 14.2. The second-order valence-electron chi connectivity index (χ2n) is 2.46. The van der Waals surface area contributed by atoms with Crippen molar-refractivity contribution in [3.05, 3.63) is 29.2 Å². The van der Waals surface area contributed by atoms with Crippen LogP contribution in [0.3, 0.4) is 0 Å². The minimum Gasteiger partial charge on any atom is -0.237 e. The molecule has 0 saturated heterocycles. The number of halogens is 3. The molecule has 2 rings (SSSR count). The van der Waals surface area contributed by atoms with Crippen LogP contribution in [0.1, 0.15) is 27.7 Å². The Bertz CT molecular complexity index is 462. The lowest BCUT2D eigenvalue weighted by molar-refractivity contribution is 0.640. The Morgan fingerprint density at radius 3 is 2.41 bits per heavy atom. The van der Waals surface area contributed by atoms with Crippen LogP contribution >= 0.6 is 40.0 Å². The van der Waals surface area contributed by atoms with E-state index >= 15 is 0 Å². The molecule has 0 radical (unpaired) electrons. The lowest BCUT2D eigenvalue weighted by Crippen LogP contribution is -1.83. The van der Waals surface area contributed by atoms with Gasteiger partial charge in [0.1, 0.15) is 5.82 Å². The van der Waals surface area contributed by atoms with Crippen LogP contribution in [-0.2, 0) is 0 Å². The molecule has 6 heteroatoms. The standard InChI is InChI=1S/C7H4ClFIN2P.2C2H6/c8-4-1-6(9)5-3-11-12(13-10)7(5)2-4;2*1-2/h1-3,13H;2*1-2H3. The summed E-state index contributed by atoms with van der Waals surface area (Å²) in [6, 6.07) is 3.02. The van der Waals surface area contributed by atoms with E-state index in [-0.39, 0.29) is 5.82 Å². The van der Waals surface area contributed by atoms with E-state index in [2.05, 4.69) is 27.1 Å². The molecule has 0 aliphatic heterocycles. The van der Waals surface area contributed by atoms with Gasteiger partial charge in [-0.3, -0.25) is 0 Å². The molecular formula is C11H16ClFIN2P.